The maximum Gasteiger partial charge on any atom is 0.340 e. The second-order valence-electron chi connectivity index (χ2n) is 6.12. The van der Waals surface area contributed by atoms with E-state index in [-0.39, 0.29) is 11.8 Å². The van der Waals surface area contributed by atoms with Crippen LogP contribution in [0.1, 0.15) is 55.8 Å². The molecule has 3 rings (SSSR count). The number of thiophene rings is 2. The summed E-state index contributed by atoms with van der Waals surface area (Å²) in [5.41, 5.74) is 2.15. The van der Waals surface area contributed by atoms with Crippen molar-refractivity contribution in [2.24, 2.45) is 0 Å². The standard InChI is InChI=1S/C21H21NO3S2/c1-4-16-10-15(12-26-16)19(23)22-20-17(21(24)25-3)11-18(27-20)13(2)14-8-6-5-7-9-14/h5-13H,4H2,1-3H3,(H,22,23)/t13-/m0/s1. The first-order valence-corrected chi connectivity index (χ1v) is 10.4. The molecule has 0 saturated heterocycles. The molecule has 27 heavy (non-hydrogen) atoms. The molecule has 1 N–H and O–H groups in total. The summed E-state index contributed by atoms with van der Waals surface area (Å²) in [4.78, 5) is 27.0. The van der Waals surface area contributed by atoms with Gasteiger partial charge in [0.1, 0.15) is 5.00 Å². The van der Waals surface area contributed by atoms with Crippen LogP contribution in [0, 0.1) is 0 Å². The molecule has 1 atom stereocenters. The zero-order valence-electron chi connectivity index (χ0n) is 15.4. The molecule has 0 spiro atoms. The van der Waals surface area contributed by atoms with E-state index in [0.29, 0.717) is 16.1 Å². The van der Waals surface area contributed by atoms with Crippen molar-refractivity contribution in [1.82, 2.24) is 0 Å². The monoisotopic (exact) mass is 399 g/mol. The maximum absolute atomic E-state index is 12.6. The quantitative estimate of drug-likeness (QED) is 0.552. The van der Waals surface area contributed by atoms with Crippen LogP contribution in [-0.2, 0) is 11.2 Å². The van der Waals surface area contributed by atoms with E-state index >= 15 is 0 Å². The third kappa shape index (κ3) is 4.28. The maximum atomic E-state index is 12.6. The minimum absolute atomic E-state index is 0.109. The van der Waals surface area contributed by atoms with Crippen molar-refractivity contribution in [3.8, 4) is 0 Å². The molecule has 0 aliphatic heterocycles. The van der Waals surface area contributed by atoms with Gasteiger partial charge in [0.2, 0.25) is 0 Å². The normalized spacial score (nSPS) is 11.8. The number of benzene rings is 1. The minimum Gasteiger partial charge on any atom is -0.465 e. The summed E-state index contributed by atoms with van der Waals surface area (Å²) in [5, 5.41) is 5.25. The third-order valence-corrected chi connectivity index (χ3v) is 6.69. The molecule has 6 heteroatoms. The van der Waals surface area contributed by atoms with Crippen molar-refractivity contribution in [3.05, 3.63) is 74.3 Å². The average Bonchev–Trinajstić information content (AvgIpc) is 3.34. The van der Waals surface area contributed by atoms with E-state index in [1.807, 2.05) is 35.7 Å². The Balaban J connectivity index is 1.90. The topological polar surface area (TPSA) is 55.4 Å². The summed E-state index contributed by atoms with van der Waals surface area (Å²) >= 11 is 2.97. The molecule has 0 fully saturated rings. The summed E-state index contributed by atoms with van der Waals surface area (Å²) in [7, 11) is 1.35. The van der Waals surface area contributed by atoms with Gasteiger partial charge in [-0.3, -0.25) is 4.79 Å². The fraction of sp³-hybridized carbons (Fsp3) is 0.238. The number of hydrogen-bond acceptors (Lipinski definition) is 5. The number of carbonyl (C=O) groups excluding carboxylic acids is 2. The van der Waals surface area contributed by atoms with Gasteiger partial charge in [0, 0.05) is 21.1 Å². The molecule has 3 aromatic rings. The highest BCUT2D eigenvalue weighted by atomic mass is 32.1. The molecule has 0 aliphatic rings. The number of methoxy groups -OCH3 is 1. The smallest absolute Gasteiger partial charge is 0.340 e. The van der Waals surface area contributed by atoms with Crippen LogP contribution in [0.15, 0.2) is 47.8 Å². The number of rotatable bonds is 6. The number of ether oxygens (including phenoxy) is 1. The lowest BCUT2D eigenvalue weighted by atomic mass is 9.99. The second kappa shape index (κ2) is 8.50. The van der Waals surface area contributed by atoms with Gasteiger partial charge in [0.25, 0.3) is 5.91 Å². The van der Waals surface area contributed by atoms with Gasteiger partial charge in [-0.05, 0) is 24.1 Å². The predicted molar refractivity (Wildman–Crippen MR) is 111 cm³/mol. The first kappa shape index (κ1) is 19.3. The van der Waals surface area contributed by atoms with E-state index in [4.69, 9.17) is 4.74 Å². The summed E-state index contributed by atoms with van der Waals surface area (Å²) in [6, 6.07) is 13.8. The number of hydrogen-bond donors (Lipinski definition) is 1. The minimum atomic E-state index is -0.451. The third-order valence-electron chi connectivity index (χ3n) is 4.37. The lowest BCUT2D eigenvalue weighted by Crippen LogP contribution is -2.12. The van der Waals surface area contributed by atoms with Crippen LogP contribution in [0.25, 0.3) is 0 Å². The largest absolute Gasteiger partial charge is 0.465 e. The molecule has 140 valence electrons. The Labute approximate surface area is 166 Å². The number of nitrogens with one attached hydrogen (secondary N) is 1. The highest BCUT2D eigenvalue weighted by Gasteiger charge is 2.22. The lowest BCUT2D eigenvalue weighted by molar-refractivity contribution is 0.0602. The molecule has 0 bridgehead atoms. The SMILES string of the molecule is CCc1cc(C(=O)Nc2sc([C@@H](C)c3ccccc3)cc2C(=O)OC)cs1. The highest BCUT2D eigenvalue weighted by molar-refractivity contribution is 7.16. The van der Waals surface area contributed by atoms with Gasteiger partial charge in [-0.15, -0.1) is 22.7 Å². The Morgan fingerprint density at radius 1 is 1.19 bits per heavy atom. The lowest BCUT2D eigenvalue weighted by Gasteiger charge is -2.09. The number of aryl methyl sites for hydroxylation is 1. The first-order chi connectivity index (χ1) is 13.0. The molecule has 2 heterocycles. The van der Waals surface area contributed by atoms with Crippen LogP contribution in [-0.4, -0.2) is 19.0 Å². The van der Waals surface area contributed by atoms with Crippen molar-refractivity contribution in [2.45, 2.75) is 26.2 Å². The van der Waals surface area contributed by atoms with Gasteiger partial charge < -0.3 is 10.1 Å². The fourth-order valence-electron chi connectivity index (χ4n) is 2.74. The summed E-state index contributed by atoms with van der Waals surface area (Å²) in [5.74, 6) is -0.553. The van der Waals surface area contributed by atoms with Crippen LogP contribution in [0.5, 0.6) is 0 Å². The van der Waals surface area contributed by atoms with Crippen LogP contribution < -0.4 is 5.32 Å². The molecule has 2 aromatic heterocycles. The Hall–Kier alpha value is -2.44. The zero-order chi connectivity index (χ0) is 19.4. The van der Waals surface area contributed by atoms with E-state index in [2.05, 4.69) is 31.3 Å². The van der Waals surface area contributed by atoms with Crippen molar-refractivity contribution in [2.75, 3.05) is 12.4 Å². The zero-order valence-corrected chi connectivity index (χ0v) is 17.1. The van der Waals surface area contributed by atoms with Gasteiger partial charge in [0.15, 0.2) is 0 Å². The highest BCUT2D eigenvalue weighted by Crippen LogP contribution is 2.36. The molecule has 0 aliphatic carbocycles. The summed E-state index contributed by atoms with van der Waals surface area (Å²) < 4.78 is 4.90. The van der Waals surface area contributed by atoms with Crippen molar-refractivity contribution in [3.63, 3.8) is 0 Å². The van der Waals surface area contributed by atoms with E-state index in [0.717, 1.165) is 21.7 Å². The van der Waals surface area contributed by atoms with Gasteiger partial charge in [-0.2, -0.15) is 0 Å². The Morgan fingerprint density at radius 3 is 2.56 bits per heavy atom. The Kier molecular flexibility index (Phi) is 6.08. The first-order valence-electron chi connectivity index (χ1n) is 8.69. The van der Waals surface area contributed by atoms with Crippen molar-refractivity contribution in [1.29, 1.82) is 0 Å². The second-order valence-corrected chi connectivity index (χ2v) is 8.20. The van der Waals surface area contributed by atoms with Gasteiger partial charge >= 0.3 is 5.97 Å². The summed E-state index contributed by atoms with van der Waals surface area (Å²) in [6.07, 6.45) is 0.892. The fourth-order valence-corrected chi connectivity index (χ4v) is 4.68. The van der Waals surface area contributed by atoms with Gasteiger partial charge in [0.05, 0.1) is 18.2 Å². The number of anilines is 1. The number of amides is 1. The van der Waals surface area contributed by atoms with Crippen LogP contribution >= 0.6 is 22.7 Å². The Morgan fingerprint density at radius 2 is 1.93 bits per heavy atom. The Bertz CT molecular complexity index is 944. The molecular weight excluding hydrogens is 378 g/mol. The molecule has 1 aromatic carbocycles. The number of esters is 1. The van der Waals surface area contributed by atoms with Gasteiger partial charge in [-0.25, -0.2) is 4.79 Å². The van der Waals surface area contributed by atoms with E-state index in [1.54, 1.807) is 11.3 Å². The summed E-state index contributed by atoms with van der Waals surface area (Å²) in [6.45, 7) is 4.14. The van der Waals surface area contributed by atoms with Crippen molar-refractivity contribution < 1.29 is 14.3 Å². The van der Waals surface area contributed by atoms with E-state index in [9.17, 15) is 9.59 Å². The van der Waals surface area contributed by atoms with E-state index in [1.165, 1.54) is 18.4 Å². The predicted octanol–water partition coefficient (Wildman–Crippen LogP) is 5.56. The molecular formula is C21H21NO3S2. The van der Waals surface area contributed by atoms with E-state index < -0.39 is 5.97 Å². The van der Waals surface area contributed by atoms with Crippen LogP contribution in [0.3, 0.4) is 0 Å². The van der Waals surface area contributed by atoms with Crippen LogP contribution in [0.4, 0.5) is 5.00 Å². The van der Waals surface area contributed by atoms with Crippen molar-refractivity contribution >= 4 is 39.6 Å². The molecule has 0 radical (unpaired) electrons. The average molecular weight is 400 g/mol. The molecule has 0 saturated carbocycles. The van der Waals surface area contributed by atoms with Crippen LogP contribution in [0.2, 0.25) is 0 Å². The van der Waals surface area contributed by atoms with Gasteiger partial charge in [-0.1, -0.05) is 44.2 Å². The molecule has 0 unspecified atom stereocenters. The molecule has 1 amide bonds. The molecule has 4 nitrogen and oxygen atoms in total. The number of carbonyl (C=O) groups is 2.